The van der Waals surface area contributed by atoms with E-state index in [0.717, 1.165) is 9.55 Å². The summed E-state index contributed by atoms with van der Waals surface area (Å²) < 4.78 is 32.9. The van der Waals surface area contributed by atoms with Crippen LogP contribution in [-0.4, -0.2) is 49.7 Å². The average molecular weight is 433 g/mol. The zero-order valence-electron chi connectivity index (χ0n) is 12.9. The van der Waals surface area contributed by atoms with Crippen LogP contribution in [0.3, 0.4) is 0 Å². The first-order chi connectivity index (χ1) is 11.5. The second-order valence-corrected chi connectivity index (χ2v) is 10.1. The predicted octanol–water partition coefficient (Wildman–Crippen LogP) is 2.57. The zero-order chi connectivity index (χ0) is 17.2. The number of hydrogen-bond donors (Lipinski definition) is 0. The van der Waals surface area contributed by atoms with Gasteiger partial charge in [0.2, 0.25) is 5.91 Å². The molecule has 24 heavy (non-hydrogen) atoms. The quantitative estimate of drug-likeness (QED) is 0.727. The number of halogens is 1. The monoisotopic (exact) mass is 432 g/mol. The summed E-state index contributed by atoms with van der Waals surface area (Å²) in [6.07, 6.45) is 2.53. The first kappa shape index (κ1) is 17.7. The first-order valence-corrected chi connectivity index (χ1v) is 10.6. The van der Waals surface area contributed by atoms with Crippen molar-refractivity contribution in [2.75, 3.05) is 26.2 Å². The van der Waals surface area contributed by atoms with E-state index in [0.29, 0.717) is 43.2 Å². The van der Waals surface area contributed by atoms with E-state index in [9.17, 15) is 13.2 Å². The van der Waals surface area contributed by atoms with Gasteiger partial charge < -0.3 is 9.32 Å². The predicted molar refractivity (Wildman–Crippen MR) is 94.4 cm³/mol. The summed E-state index contributed by atoms with van der Waals surface area (Å²) in [6, 6.07) is 6.97. The minimum atomic E-state index is -3.47. The van der Waals surface area contributed by atoms with Crippen LogP contribution in [0.1, 0.15) is 12.2 Å². The van der Waals surface area contributed by atoms with Crippen molar-refractivity contribution in [2.45, 2.75) is 17.1 Å². The molecule has 0 saturated carbocycles. The third kappa shape index (κ3) is 3.90. The Hall–Kier alpha value is -1.16. The van der Waals surface area contributed by atoms with Crippen LogP contribution in [0.25, 0.3) is 0 Å². The van der Waals surface area contributed by atoms with E-state index in [-0.39, 0.29) is 5.91 Å². The van der Waals surface area contributed by atoms with Crippen LogP contribution in [-0.2, 0) is 21.2 Å². The van der Waals surface area contributed by atoms with Gasteiger partial charge in [0.25, 0.3) is 10.0 Å². The molecule has 1 fully saturated rings. The summed E-state index contributed by atoms with van der Waals surface area (Å²) >= 11 is 4.48. The summed E-state index contributed by atoms with van der Waals surface area (Å²) in [6.45, 7) is 1.49. The summed E-state index contributed by atoms with van der Waals surface area (Å²) in [5.74, 6) is 0.815. The van der Waals surface area contributed by atoms with Crippen molar-refractivity contribution in [1.29, 1.82) is 0 Å². The number of carbonyl (C=O) groups is 1. The van der Waals surface area contributed by atoms with Gasteiger partial charge in [0.15, 0.2) is 0 Å². The number of furan rings is 1. The van der Waals surface area contributed by atoms with E-state index >= 15 is 0 Å². The number of rotatable bonds is 5. The number of aryl methyl sites for hydroxylation is 1. The standard InChI is InChI=1S/C15H17BrN2O4S2/c16-13-4-6-15(23-13)24(20,21)18-9-7-17(8-10-18)14(19)5-3-12-2-1-11-22-12/h1-2,4,6,11H,3,5,7-10H2. The fourth-order valence-corrected chi connectivity index (χ4v) is 6.17. The number of nitrogens with zero attached hydrogens (tertiary/aromatic N) is 2. The van der Waals surface area contributed by atoms with Crippen LogP contribution < -0.4 is 0 Å². The van der Waals surface area contributed by atoms with Gasteiger partial charge in [-0.15, -0.1) is 11.3 Å². The number of carbonyl (C=O) groups excluding carboxylic acids is 1. The van der Waals surface area contributed by atoms with Gasteiger partial charge >= 0.3 is 0 Å². The molecule has 1 amide bonds. The maximum Gasteiger partial charge on any atom is 0.252 e. The molecule has 6 nitrogen and oxygen atoms in total. The zero-order valence-corrected chi connectivity index (χ0v) is 16.1. The number of sulfonamides is 1. The molecule has 130 valence electrons. The van der Waals surface area contributed by atoms with E-state index in [1.807, 2.05) is 6.07 Å². The molecule has 0 aromatic carbocycles. The average Bonchev–Trinajstić information content (AvgIpc) is 3.24. The number of hydrogen-bond acceptors (Lipinski definition) is 5. The molecule has 1 aliphatic heterocycles. The Morgan fingerprint density at radius 3 is 2.54 bits per heavy atom. The van der Waals surface area contributed by atoms with Crippen molar-refractivity contribution in [3.63, 3.8) is 0 Å². The molecule has 3 heterocycles. The van der Waals surface area contributed by atoms with Crippen LogP contribution in [0.4, 0.5) is 0 Å². The molecular formula is C15H17BrN2O4S2. The van der Waals surface area contributed by atoms with Gasteiger partial charge in [-0.25, -0.2) is 8.42 Å². The Morgan fingerprint density at radius 2 is 1.96 bits per heavy atom. The summed E-state index contributed by atoms with van der Waals surface area (Å²) in [4.78, 5) is 14.0. The second kappa shape index (κ2) is 7.38. The third-order valence-electron chi connectivity index (χ3n) is 3.90. The van der Waals surface area contributed by atoms with Crippen molar-refractivity contribution in [1.82, 2.24) is 9.21 Å². The largest absolute Gasteiger partial charge is 0.469 e. The van der Waals surface area contributed by atoms with Gasteiger partial charge in [-0.05, 0) is 40.2 Å². The molecule has 0 N–H and O–H groups in total. The lowest BCUT2D eigenvalue weighted by atomic mass is 10.2. The fourth-order valence-electron chi connectivity index (χ4n) is 2.58. The maximum absolute atomic E-state index is 12.6. The van der Waals surface area contributed by atoms with E-state index < -0.39 is 10.0 Å². The van der Waals surface area contributed by atoms with Gasteiger partial charge in [0.05, 0.1) is 10.0 Å². The van der Waals surface area contributed by atoms with E-state index in [1.165, 1.54) is 15.6 Å². The van der Waals surface area contributed by atoms with Crippen molar-refractivity contribution in [2.24, 2.45) is 0 Å². The van der Waals surface area contributed by atoms with Gasteiger partial charge in [0, 0.05) is 39.0 Å². The first-order valence-electron chi connectivity index (χ1n) is 7.52. The van der Waals surface area contributed by atoms with Crippen molar-refractivity contribution < 1.29 is 17.6 Å². The minimum Gasteiger partial charge on any atom is -0.469 e. The van der Waals surface area contributed by atoms with Crippen LogP contribution >= 0.6 is 27.3 Å². The topological polar surface area (TPSA) is 70.8 Å². The second-order valence-electron chi connectivity index (χ2n) is 5.42. The van der Waals surface area contributed by atoms with E-state index in [4.69, 9.17) is 4.42 Å². The molecule has 0 radical (unpaired) electrons. The van der Waals surface area contributed by atoms with Gasteiger partial charge in [-0.2, -0.15) is 4.31 Å². The highest BCUT2D eigenvalue weighted by molar-refractivity contribution is 9.11. The molecule has 2 aromatic heterocycles. The third-order valence-corrected chi connectivity index (χ3v) is 7.89. The molecule has 2 aromatic rings. The molecule has 9 heteroatoms. The maximum atomic E-state index is 12.6. The van der Waals surface area contributed by atoms with Crippen molar-refractivity contribution in [3.05, 3.63) is 40.1 Å². The molecule has 0 unspecified atom stereocenters. The van der Waals surface area contributed by atoms with Gasteiger partial charge in [-0.1, -0.05) is 0 Å². The lowest BCUT2D eigenvalue weighted by Crippen LogP contribution is -2.50. The Kier molecular flexibility index (Phi) is 5.43. The highest BCUT2D eigenvalue weighted by atomic mass is 79.9. The molecule has 0 aliphatic carbocycles. The minimum absolute atomic E-state index is 0.0299. The van der Waals surface area contributed by atoms with Crippen molar-refractivity contribution >= 4 is 43.2 Å². The summed E-state index contributed by atoms with van der Waals surface area (Å²) in [5, 5.41) is 0. The van der Waals surface area contributed by atoms with Gasteiger partial charge in [-0.3, -0.25) is 4.79 Å². The number of amides is 1. The Bertz CT molecular complexity index is 793. The lowest BCUT2D eigenvalue weighted by Gasteiger charge is -2.33. The smallest absolute Gasteiger partial charge is 0.252 e. The van der Waals surface area contributed by atoms with E-state index in [1.54, 1.807) is 29.4 Å². The molecule has 1 saturated heterocycles. The molecule has 0 atom stereocenters. The highest BCUT2D eigenvalue weighted by Gasteiger charge is 2.30. The molecular weight excluding hydrogens is 416 g/mol. The Morgan fingerprint density at radius 1 is 1.21 bits per heavy atom. The van der Waals surface area contributed by atoms with Crippen molar-refractivity contribution in [3.8, 4) is 0 Å². The van der Waals surface area contributed by atoms with Gasteiger partial charge in [0.1, 0.15) is 9.97 Å². The van der Waals surface area contributed by atoms with Crippen LogP contribution in [0, 0.1) is 0 Å². The molecule has 0 bridgehead atoms. The lowest BCUT2D eigenvalue weighted by molar-refractivity contribution is -0.132. The van der Waals surface area contributed by atoms with E-state index in [2.05, 4.69) is 15.9 Å². The normalized spacial score (nSPS) is 16.5. The van der Waals surface area contributed by atoms with Crippen LogP contribution in [0.15, 0.2) is 42.9 Å². The number of piperazine rings is 1. The van der Waals surface area contributed by atoms with Crippen LogP contribution in [0.5, 0.6) is 0 Å². The van der Waals surface area contributed by atoms with Crippen LogP contribution in [0.2, 0.25) is 0 Å². The molecule has 0 spiro atoms. The fraction of sp³-hybridized carbons (Fsp3) is 0.400. The molecule has 3 rings (SSSR count). The summed E-state index contributed by atoms with van der Waals surface area (Å²) in [7, 11) is -3.47. The Balaban J connectivity index is 1.54. The Labute approximate surface area is 153 Å². The SMILES string of the molecule is O=C(CCc1ccco1)N1CCN(S(=O)(=O)c2ccc(Br)s2)CC1. The molecule has 1 aliphatic rings. The highest BCUT2D eigenvalue weighted by Crippen LogP contribution is 2.29. The summed E-state index contributed by atoms with van der Waals surface area (Å²) in [5.41, 5.74) is 0. The number of thiophene rings is 1.